The van der Waals surface area contributed by atoms with E-state index in [0.717, 1.165) is 44.1 Å². The standard InChI is InChI=1S/C26H34FN/c1-19-7-9-21(10-8-19)18-28-26-14-12-23-17-25(27)13-11-22(23)16-24(26)15-20-5-3-2-4-6-20/h2-6,11,13,17,19,21,24,26,28H,7-10,12,14-16,18H2,1H3. The Labute approximate surface area is 169 Å². The van der Waals surface area contributed by atoms with Gasteiger partial charge in [-0.1, -0.05) is 56.2 Å². The van der Waals surface area contributed by atoms with Gasteiger partial charge in [0.05, 0.1) is 0 Å². The minimum atomic E-state index is -0.0962. The highest BCUT2D eigenvalue weighted by Crippen LogP contribution is 2.30. The lowest BCUT2D eigenvalue weighted by Gasteiger charge is -2.31. The summed E-state index contributed by atoms with van der Waals surface area (Å²) in [5.41, 5.74) is 3.98. The van der Waals surface area contributed by atoms with E-state index < -0.39 is 0 Å². The average Bonchev–Trinajstić information content (AvgIpc) is 2.87. The molecule has 1 N–H and O–H groups in total. The second kappa shape index (κ2) is 9.22. The molecule has 0 radical (unpaired) electrons. The van der Waals surface area contributed by atoms with Gasteiger partial charge in [-0.3, -0.25) is 0 Å². The van der Waals surface area contributed by atoms with Crippen molar-refractivity contribution in [3.63, 3.8) is 0 Å². The summed E-state index contributed by atoms with van der Waals surface area (Å²) >= 11 is 0. The van der Waals surface area contributed by atoms with Crippen molar-refractivity contribution in [1.29, 1.82) is 0 Å². The van der Waals surface area contributed by atoms with Gasteiger partial charge in [0.2, 0.25) is 0 Å². The summed E-state index contributed by atoms with van der Waals surface area (Å²) in [6, 6.07) is 16.8. The number of hydrogen-bond donors (Lipinski definition) is 1. The van der Waals surface area contributed by atoms with Crippen LogP contribution in [0.4, 0.5) is 4.39 Å². The molecule has 0 amide bonds. The maximum absolute atomic E-state index is 13.8. The van der Waals surface area contributed by atoms with E-state index in [1.807, 2.05) is 6.07 Å². The molecule has 0 aromatic heterocycles. The Morgan fingerprint density at radius 3 is 2.50 bits per heavy atom. The summed E-state index contributed by atoms with van der Waals surface area (Å²) in [4.78, 5) is 0. The zero-order valence-corrected chi connectivity index (χ0v) is 17.2. The van der Waals surface area contributed by atoms with Crippen molar-refractivity contribution in [2.45, 2.75) is 64.3 Å². The van der Waals surface area contributed by atoms with Crippen LogP contribution in [0.15, 0.2) is 48.5 Å². The monoisotopic (exact) mass is 379 g/mol. The van der Waals surface area contributed by atoms with Crippen molar-refractivity contribution in [3.05, 3.63) is 71.0 Å². The molecular weight excluding hydrogens is 345 g/mol. The Hall–Kier alpha value is -1.67. The minimum absolute atomic E-state index is 0.0962. The molecule has 150 valence electrons. The van der Waals surface area contributed by atoms with Gasteiger partial charge in [0.15, 0.2) is 0 Å². The van der Waals surface area contributed by atoms with Crippen molar-refractivity contribution < 1.29 is 4.39 Å². The van der Waals surface area contributed by atoms with Crippen LogP contribution < -0.4 is 5.32 Å². The van der Waals surface area contributed by atoms with Gasteiger partial charge in [-0.2, -0.15) is 0 Å². The van der Waals surface area contributed by atoms with Crippen LogP contribution in [0.2, 0.25) is 0 Å². The maximum atomic E-state index is 13.8. The Kier molecular flexibility index (Phi) is 6.47. The first-order valence-corrected chi connectivity index (χ1v) is 11.2. The Bertz CT molecular complexity index is 748. The van der Waals surface area contributed by atoms with Crippen LogP contribution in [-0.2, 0) is 19.3 Å². The summed E-state index contributed by atoms with van der Waals surface area (Å²) in [7, 11) is 0. The van der Waals surface area contributed by atoms with Gasteiger partial charge < -0.3 is 5.32 Å². The number of rotatable bonds is 5. The highest BCUT2D eigenvalue weighted by molar-refractivity contribution is 5.31. The highest BCUT2D eigenvalue weighted by Gasteiger charge is 2.28. The molecule has 0 bridgehead atoms. The molecule has 0 saturated heterocycles. The van der Waals surface area contributed by atoms with Crippen molar-refractivity contribution in [1.82, 2.24) is 5.32 Å². The van der Waals surface area contributed by atoms with E-state index in [1.165, 1.54) is 42.4 Å². The first-order chi connectivity index (χ1) is 13.7. The predicted octanol–water partition coefficient (Wildman–Crippen LogP) is 5.96. The van der Waals surface area contributed by atoms with Crippen LogP contribution in [0.25, 0.3) is 0 Å². The highest BCUT2D eigenvalue weighted by atomic mass is 19.1. The molecule has 1 saturated carbocycles. The van der Waals surface area contributed by atoms with Crippen LogP contribution in [0.5, 0.6) is 0 Å². The zero-order chi connectivity index (χ0) is 19.3. The normalized spacial score (nSPS) is 27.8. The predicted molar refractivity (Wildman–Crippen MR) is 115 cm³/mol. The van der Waals surface area contributed by atoms with Crippen LogP contribution >= 0.6 is 0 Å². The van der Waals surface area contributed by atoms with E-state index in [9.17, 15) is 4.39 Å². The summed E-state index contributed by atoms with van der Waals surface area (Å²) in [5, 5.41) is 3.97. The number of halogens is 1. The molecular formula is C26H34FN. The Morgan fingerprint density at radius 1 is 0.929 bits per heavy atom. The van der Waals surface area contributed by atoms with E-state index in [-0.39, 0.29) is 5.82 Å². The molecule has 2 aromatic rings. The number of aryl methyl sites for hydroxylation is 1. The van der Waals surface area contributed by atoms with Gasteiger partial charge in [-0.15, -0.1) is 0 Å². The number of nitrogens with one attached hydrogen (secondary N) is 1. The van der Waals surface area contributed by atoms with E-state index in [4.69, 9.17) is 0 Å². The molecule has 0 heterocycles. The van der Waals surface area contributed by atoms with Crippen LogP contribution in [0.1, 0.15) is 55.7 Å². The van der Waals surface area contributed by atoms with Gasteiger partial charge in [-0.05, 0) is 91.6 Å². The fourth-order valence-corrected chi connectivity index (χ4v) is 5.25. The van der Waals surface area contributed by atoms with E-state index >= 15 is 0 Å². The van der Waals surface area contributed by atoms with Gasteiger partial charge in [0, 0.05) is 6.04 Å². The molecule has 2 atom stereocenters. The first-order valence-electron chi connectivity index (χ1n) is 11.2. The number of hydrogen-bond acceptors (Lipinski definition) is 1. The van der Waals surface area contributed by atoms with Crippen LogP contribution in [0.3, 0.4) is 0 Å². The van der Waals surface area contributed by atoms with Gasteiger partial charge in [0.1, 0.15) is 5.82 Å². The Balaban J connectivity index is 1.47. The van der Waals surface area contributed by atoms with Gasteiger partial charge in [-0.25, -0.2) is 4.39 Å². The fraction of sp³-hybridized carbons (Fsp3) is 0.538. The first kappa shape index (κ1) is 19.6. The van der Waals surface area contributed by atoms with E-state index in [2.05, 4.69) is 42.6 Å². The lowest BCUT2D eigenvalue weighted by atomic mass is 9.82. The molecule has 2 aromatic carbocycles. The smallest absolute Gasteiger partial charge is 0.123 e. The second-order valence-electron chi connectivity index (χ2n) is 9.25. The molecule has 28 heavy (non-hydrogen) atoms. The molecule has 4 rings (SSSR count). The summed E-state index contributed by atoms with van der Waals surface area (Å²) in [6.07, 6.45) is 9.74. The molecule has 2 heteroatoms. The third-order valence-electron chi connectivity index (χ3n) is 7.09. The second-order valence-corrected chi connectivity index (χ2v) is 9.25. The molecule has 1 nitrogen and oxygen atoms in total. The molecule has 1 fully saturated rings. The lowest BCUT2D eigenvalue weighted by Crippen LogP contribution is -2.41. The SMILES string of the molecule is CC1CCC(CNC2CCc3cc(F)ccc3CC2Cc2ccccc2)CC1. The summed E-state index contributed by atoms with van der Waals surface area (Å²) < 4.78 is 13.8. The maximum Gasteiger partial charge on any atom is 0.123 e. The molecule has 0 spiro atoms. The van der Waals surface area contributed by atoms with E-state index in [1.54, 1.807) is 12.1 Å². The molecule has 2 unspecified atom stereocenters. The average molecular weight is 380 g/mol. The largest absolute Gasteiger partial charge is 0.313 e. The number of fused-ring (bicyclic) bond motifs is 1. The van der Waals surface area contributed by atoms with Crippen molar-refractivity contribution in [2.75, 3.05) is 6.54 Å². The topological polar surface area (TPSA) is 12.0 Å². The van der Waals surface area contributed by atoms with Crippen molar-refractivity contribution >= 4 is 0 Å². The van der Waals surface area contributed by atoms with Crippen LogP contribution in [0, 0.1) is 23.6 Å². The molecule has 2 aliphatic rings. The van der Waals surface area contributed by atoms with Crippen molar-refractivity contribution in [3.8, 4) is 0 Å². The molecule has 0 aliphatic heterocycles. The third kappa shape index (κ3) is 5.03. The van der Waals surface area contributed by atoms with Crippen LogP contribution in [-0.4, -0.2) is 12.6 Å². The number of benzene rings is 2. The summed E-state index contributed by atoms with van der Waals surface area (Å²) in [6.45, 7) is 3.54. The fourth-order valence-electron chi connectivity index (χ4n) is 5.25. The van der Waals surface area contributed by atoms with Gasteiger partial charge >= 0.3 is 0 Å². The quantitative estimate of drug-likeness (QED) is 0.632. The summed E-state index contributed by atoms with van der Waals surface area (Å²) in [5.74, 6) is 2.21. The zero-order valence-electron chi connectivity index (χ0n) is 17.2. The van der Waals surface area contributed by atoms with Gasteiger partial charge in [0.25, 0.3) is 0 Å². The van der Waals surface area contributed by atoms with Crippen molar-refractivity contribution in [2.24, 2.45) is 17.8 Å². The lowest BCUT2D eigenvalue weighted by molar-refractivity contribution is 0.253. The third-order valence-corrected chi connectivity index (χ3v) is 7.09. The van der Waals surface area contributed by atoms with E-state index in [0.29, 0.717) is 12.0 Å². The Morgan fingerprint density at radius 2 is 1.71 bits per heavy atom. The molecule has 2 aliphatic carbocycles. The minimum Gasteiger partial charge on any atom is -0.313 e.